The average molecular weight is 355 g/mol. The van der Waals surface area contributed by atoms with Crippen LogP contribution in [-0.2, 0) is 0 Å². The molecular formula is C21H17N5O. The van der Waals surface area contributed by atoms with Gasteiger partial charge in [-0.05, 0) is 50.6 Å². The summed E-state index contributed by atoms with van der Waals surface area (Å²) >= 11 is 0. The van der Waals surface area contributed by atoms with Crippen LogP contribution >= 0.6 is 0 Å². The molecule has 0 saturated carbocycles. The molecule has 0 amide bonds. The second kappa shape index (κ2) is 5.48. The Hall–Kier alpha value is -3.54. The van der Waals surface area contributed by atoms with Crippen LogP contribution < -0.4 is 5.43 Å². The first-order valence-electron chi connectivity index (χ1n) is 8.79. The number of nitrogens with zero attached hydrogens (tertiary/aromatic N) is 5. The second-order valence-corrected chi connectivity index (χ2v) is 6.78. The van der Waals surface area contributed by atoms with Crippen molar-refractivity contribution in [1.82, 2.24) is 24.1 Å². The van der Waals surface area contributed by atoms with Gasteiger partial charge in [0.2, 0.25) is 5.43 Å². The van der Waals surface area contributed by atoms with Crippen molar-refractivity contribution in [1.29, 1.82) is 0 Å². The predicted octanol–water partition coefficient (Wildman–Crippen LogP) is 3.51. The van der Waals surface area contributed by atoms with E-state index in [1.807, 2.05) is 66.8 Å². The molecule has 0 spiro atoms. The van der Waals surface area contributed by atoms with E-state index in [2.05, 4.69) is 5.10 Å². The molecule has 0 aliphatic carbocycles. The summed E-state index contributed by atoms with van der Waals surface area (Å²) in [6.45, 7) is 5.68. The molecule has 3 heterocycles. The van der Waals surface area contributed by atoms with Gasteiger partial charge in [0.25, 0.3) is 0 Å². The Morgan fingerprint density at radius 3 is 2.52 bits per heavy atom. The van der Waals surface area contributed by atoms with Gasteiger partial charge in [0, 0.05) is 0 Å². The van der Waals surface area contributed by atoms with Crippen LogP contribution in [0.2, 0.25) is 0 Å². The van der Waals surface area contributed by atoms with E-state index in [-0.39, 0.29) is 5.43 Å². The number of benzene rings is 2. The van der Waals surface area contributed by atoms with Crippen molar-refractivity contribution in [2.24, 2.45) is 0 Å². The first-order valence-corrected chi connectivity index (χ1v) is 8.79. The van der Waals surface area contributed by atoms with Crippen molar-refractivity contribution in [3.63, 3.8) is 0 Å². The van der Waals surface area contributed by atoms with E-state index >= 15 is 0 Å². The summed E-state index contributed by atoms with van der Waals surface area (Å²) in [7, 11) is 0. The van der Waals surface area contributed by atoms with Gasteiger partial charge in [0.15, 0.2) is 11.3 Å². The van der Waals surface area contributed by atoms with Crippen molar-refractivity contribution in [3.8, 4) is 5.69 Å². The summed E-state index contributed by atoms with van der Waals surface area (Å²) in [6, 6.07) is 15.8. The van der Waals surface area contributed by atoms with Crippen LogP contribution in [0.25, 0.3) is 33.4 Å². The first kappa shape index (κ1) is 15.7. The summed E-state index contributed by atoms with van der Waals surface area (Å²) < 4.78 is 3.69. The molecule has 0 bridgehead atoms. The second-order valence-electron chi connectivity index (χ2n) is 6.78. The number of rotatable bonds is 1. The Balaban J connectivity index is 2.03. The third-order valence-electron chi connectivity index (χ3n) is 4.85. The maximum absolute atomic E-state index is 13.0. The fraction of sp³-hybridized carbons (Fsp3) is 0.143. The molecule has 0 aliphatic heterocycles. The predicted molar refractivity (Wildman–Crippen MR) is 106 cm³/mol. The van der Waals surface area contributed by atoms with Crippen LogP contribution in [-0.4, -0.2) is 24.1 Å². The van der Waals surface area contributed by atoms with Gasteiger partial charge in [-0.25, -0.2) is 14.6 Å². The third kappa shape index (κ3) is 2.19. The van der Waals surface area contributed by atoms with Crippen LogP contribution in [0.15, 0.2) is 53.3 Å². The smallest absolute Gasteiger partial charge is 0.216 e. The molecule has 0 atom stereocenters. The lowest BCUT2D eigenvalue weighted by atomic mass is 10.2. The van der Waals surface area contributed by atoms with Gasteiger partial charge in [0.05, 0.1) is 16.7 Å². The maximum Gasteiger partial charge on any atom is 0.216 e. The minimum absolute atomic E-state index is 0.137. The molecule has 6 nitrogen and oxygen atoms in total. The molecule has 5 aromatic rings. The van der Waals surface area contributed by atoms with Crippen LogP contribution in [0.4, 0.5) is 0 Å². The zero-order chi connectivity index (χ0) is 18.7. The SMILES string of the molecule is Cc1cccc(-n2nc(C)c(=O)c3c2nc(C)n2c4ccccc4nc32)c1. The number of hydrogen-bond acceptors (Lipinski definition) is 4. The zero-order valence-electron chi connectivity index (χ0n) is 15.3. The van der Waals surface area contributed by atoms with E-state index in [0.717, 1.165) is 28.1 Å². The summed E-state index contributed by atoms with van der Waals surface area (Å²) in [4.78, 5) is 22.5. The molecule has 0 aliphatic rings. The maximum atomic E-state index is 13.0. The van der Waals surface area contributed by atoms with Gasteiger partial charge >= 0.3 is 0 Å². The summed E-state index contributed by atoms with van der Waals surface area (Å²) in [5.74, 6) is 0.762. The van der Waals surface area contributed by atoms with Crippen molar-refractivity contribution >= 4 is 27.7 Å². The lowest BCUT2D eigenvalue weighted by Gasteiger charge is -2.12. The molecule has 2 aromatic carbocycles. The van der Waals surface area contributed by atoms with Gasteiger partial charge in [-0.15, -0.1) is 0 Å². The Labute approximate surface area is 154 Å². The van der Waals surface area contributed by atoms with Gasteiger partial charge in [-0.2, -0.15) is 5.10 Å². The highest BCUT2D eigenvalue weighted by Crippen LogP contribution is 2.24. The number of aryl methyl sites for hydroxylation is 3. The van der Waals surface area contributed by atoms with Crippen molar-refractivity contribution in [2.75, 3.05) is 0 Å². The minimum Gasteiger partial charge on any atom is -0.287 e. The lowest BCUT2D eigenvalue weighted by molar-refractivity contribution is 0.826. The van der Waals surface area contributed by atoms with Crippen LogP contribution in [0, 0.1) is 20.8 Å². The summed E-state index contributed by atoms with van der Waals surface area (Å²) in [5, 5.41) is 5.01. The van der Waals surface area contributed by atoms with E-state index in [1.54, 1.807) is 11.6 Å². The van der Waals surface area contributed by atoms with E-state index in [4.69, 9.17) is 9.97 Å². The average Bonchev–Trinajstić information content (AvgIpc) is 3.04. The first-order chi connectivity index (χ1) is 13.0. The van der Waals surface area contributed by atoms with E-state index in [0.29, 0.717) is 22.4 Å². The topological polar surface area (TPSA) is 65.1 Å². The van der Waals surface area contributed by atoms with Gasteiger partial charge in [-0.1, -0.05) is 24.3 Å². The van der Waals surface area contributed by atoms with Crippen molar-refractivity contribution in [2.45, 2.75) is 20.8 Å². The molecule has 5 rings (SSSR count). The Kier molecular flexibility index (Phi) is 3.18. The van der Waals surface area contributed by atoms with E-state index in [1.165, 1.54) is 0 Å². The number of para-hydroxylation sites is 2. The molecule has 6 heteroatoms. The van der Waals surface area contributed by atoms with Crippen LogP contribution in [0.5, 0.6) is 0 Å². The van der Waals surface area contributed by atoms with Crippen LogP contribution in [0.3, 0.4) is 0 Å². The molecule has 3 aromatic heterocycles. The molecule has 0 N–H and O–H groups in total. The van der Waals surface area contributed by atoms with Gasteiger partial charge in [0.1, 0.15) is 16.9 Å². The lowest BCUT2D eigenvalue weighted by Crippen LogP contribution is -2.19. The quantitative estimate of drug-likeness (QED) is 0.462. The third-order valence-corrected chi connectivity index (χ3v) is 4.85. The molecule has 0 fully saturated rings. The van der Waals surface area contributed by atoms with Gasteiger partial charge < -0.3 is 0 Å². The normalized spacial score (nSPS) is 11.7. The molecule has 0 saturated heterocycles. The molecule has 0 unspecified atom stereocenters. The zero-order valence-corrected chi connectivity index (χ0v) is 15.3. The molecule has 132 valence electrons. The monoisotopic (exact) mass is 355 g/mol. The highest BCUT2D eigenvalue weighted by molar-refractivity contribution is 5.95. The van der Waals surface area contributed by atoms with Gasteiger partial charge in [-0.3, -0.25) is 9.20 Å². The number of imidazole rings is 1. The molecule has 27 heavy (non-hydrogen) atoms. The fourth-order valence-electron chi connectivity index (χ4n) is 3.60. The fourth-order valence-corrected chi connectivity index (χ4v) is 3.60. The number of aromatic nitrogens is 5. The Bertz CT molecular complexity index is 1430. The molecule has 0 radical (unpaired) electrons. The van der Waals surface area contributed by atoms with Crippen LogP contribution in [0.1, 0.15) is 17.1 Å². The summed E-state index contributed by atoms with van der Waals surface area (Å²) in [5.41, 5.74) is 5.19. The van der Waals surface area contributed by atoms with Crippen molar-refractivity contribution < 1.29 is 0 Å². The van der Waals surface area contributed by atoms with E-state index < -0.39 is 0 Å². The largest absolute Gasteiger partial charge is 0.287 e. The highest BCUT2D eigenvalue weighted by atomic mass is 16.1. The number of fused-ring (bicyclic) bond motifs is 5. The Morgan fingerprint density at radius 1 is 0.889 bits per heavy atom. The summed E-state index contributed by atoms with van der Waals surface area (Å²) in [6.07, 6.45) is 0. The molecular weight excluding hydrogens is 338 g/mol. The van der Waals surface area contributed by atoms with E-state index in [9.17, 15) is 4.79 Å². The Morgan fingerprint density at radius 2 is 1.70 bits per heavy atom. The number of hydrogen-bond donors (Lipinski definition) is 0. The minimum atomic E-state index is -0.137. The highest BCUT2D eigenvalue weighted by Gasteiger charge is 2.19. The standard InChI is InChI=1S/C21H17N5O/c1-12-7-6-8-15(11-12)26-21-18(19(27)13(2)24-26)20-23-16-9-4-5-10-17(16)25(20)14(3)22-21/h4-11H,1-3H3. The van der Waals surface area contributed by atoms with Crippen molar-refractivity contribution in [3.05, 3.63) is 75.8 Å².